The number of fused-ring (bicyclic) bond motifs is 1. The van der Waals surface area contributed by atoms with E-state index in [1.54, 1.807) is 18.7 Å². The second kappa shape index (κ2) is 8.61. The summed E-state index contributed by atoms with van der Waals surface area (Å²) in [6, 6.07) is 7.56. The maximum absolute atomic E-state index is 12.4. The Kier molecular flexibility index (Phi) is 6.21. The fourth-order valence-corrected chi connectivity index (χ4v) is 4.09. The van der Waals surface area contributed by atoms with Crippen LogP contribution in [0.2, 0.25) is 0 Å². The lowest BCUT2D eigenvalue weighted by molar-refractivity contribution is -0.114. The van der Waals surface area contributed by atoms with Gasteiger partial charge in [-0.05, 0) is 44.9 Å². The molecule has 0 fully saturated rings. The fourth-order valence-electron chi connectivity index (χ4n) is 3.18. The molecule has 3 rings (SSSR count). The first-order valence-corrected chi connectivity index (χ1v) is 10.3. The van der Waals surface area contributed by atoms with Crippen molar-refractivity contribution < 1.29 is 9.53 Å². The molecule has 7 heteroatoms. The van der Waals surface area contributed by atoms with Crippen LogP contribution in [-0.2, 0) is 4.79 Å². The summed E-state index contributed by atoms with van der Waals surface area (Å²) >= 11 is 1.65. The smallest absolute Gasteiger partial charge is 0.227 e. The van der Waals surface area contributed by atoms with Gasteiger partial charge in [0.1, 0.15) is 11.8 Å². The van der Waals surface area contributed by atoms with E-state index in [9.17, 15) is 4.79 Å². The molecule has 1 aliphatic heterocycles. The van der Waals surface area contributed by atoms with Crippen molar-refractivity contribution >= 4 is 23.5 Å². The lowest BCUT2D eigenvalue weighted by atomic mass is 9.93. The van der Waals surface area contributed by atoms with Gasteiger partial charge < -0.3 is 10.1 Å². The van der Waals surface area contributed by atoms with Crippen LogP contribution in [0.1, 0.15) is 52.1 Å². The average Bonchev–Trinajstić information content (AvgIpc) is 3.04. The van der Waals surface area contributed by atoms with Crippen LogP contribution < -0.4 is 10.1 Å². The number of allylic oxidation sites excluding steroid dienone is 2. The number of ketones is 1. The average molecular weight is 387 g/mol. The summed E-state index contributed by atoms with van der Waals surface area (Å²) in [5.41, 5.74) is 2.52. The number of nitrogens with one attached hydrogen (secondary N) is 1. The number of ether oxygens (including phenoxy) is 1. The molecular formula is C20H26N4O2S. The number of rotatable bonds is 8. The van der Waals surface area contributed by atoms with E-state index in [1.807, 2.05) is 42.8 Å². The number of hydrogen-bond acceptors (Lipinski definition) is 6. The van der Waals surface area contributed by atoms with Crippen molar-refractivity contribution in [2.75, 3.05) is 17.7 Å². The third-order valence-corrected chi connectivity index (χ3v) is 5.37. The molecule has 2 aromatic rings. The van der Waals surface area contributed by atoms with Crippen molar-refractivity contribution in [2.24, 2.45) is 0 Å². The fraction of sp³-hybridized carbons (Fsp3) is 0.450. The zero-order valence-electron chi connectivity index (χ0n) is 16.3. The number of unbranched alkanes of at least 4 members (excludes halogenated alkanes) is 1. The van der Waals surface area contributed by atoms with Crippen LogP contribution in [0.4, 0.5) is 5.95 Å². The van der Waals surface area contributed by atoms with E-state index in [4.69, 9.17) is 9.84 Å². The van der Waals surface area contributed by atoms with Crippen LogP contribution in [-0.4, -0.2) is 32.9 Å². The molecule has 1 N–H and O–H groups in total. The van der Waals surface area contributed by atoms with Gasteiger partial charge in [0.15, 0.2) is 5.78 Å². The standard InChI is InChI=1S/C20H26N4O2S/c1-5-7-12-27-20-22-19-21-13(3)17(14(4)25)18(24(19)23-20)15-8-10-16(11-9-15)26-6-2/h8-11,18H,5-7,12H2,1-4H3,(H,21,22,23). The highest BCUT2D eigenvalue weighted by Crippen LogP contribution is 2.37. The first kappa shape index (κ1) is 19.5. The van der Waals surface area contributed by atoms with Gasteiger partial charge >= 0.3 is 0 Å². The molecule has 0 saturated carbocycles. The maximum atomic E-state index is 12.4. The first-order chi connectivity index (χ1) is 13.0. The molecule has 0 radical (unpaired) electrons. The third kappa shape index (κ3) is 4.18. The van der Waals surface area contributed by atoms with E-state index in [0.29, 0.717) is 18.1 Å². The number of Topliss-reactive ketones (excluding diaryl/α,β-unsaturated/α-hetero) is 1. The molecule has 1 aromatic carbocycles. The summed E-state index contributed by atoms with van der Waals surface area (Å²) in [4.78, 5) is 17.0. The predicted octanol–water partition coefficient (Wildman–Crippen LogP) is 4.45. The summed E-state index contributed by atoms with van der Waals surface area (Å²) in [5, 5.41) is 8.67. The molecule has 1 aromatic heterocycles. The molecule has 0 saturated heterocycles. The van der Waals surface area contributed by atoms with Gasteiger partial charge in [-0.25, -0.2) is 4.68 Å². The zero-order chi connectivity index (χ0) is 19.4. The molecule has 0 aliphatic carbocycles. The Bertz CT molecular complexity index is 842. The van der Waals surface area contributed by atoms with Gasteiger partial charge in [0, 0.05) is 17.0 Å². The zero-order valence-corrected chi connectivity index (χ0v) is 17.1. The van der Waals surface area contributed by atoms with Crippen molar-refractivity contribution in [2.45, 2.75) is 51.7 Å². The SMILES string of the molecule is CCCCSc1nc2n(n1)C(c1ccc(OCC)cc1)C(C(C)=O)=C(C)N2. The Morgan fingerprint density at radius 1 is 1.30 bits per heavy atom. The maximum Gasteiger partial charge on any atom is 0.227 e. The Hall–Kier alpha value is -2.28. The van der Waals surface area contributed by atoms with Crippen LogP contribution in [0.3, 0.4) is 0 Å². The Morgan fingerprint density at radius 2 is 2.04 bits per heavy atom. The molecule has 6 nitrogen and oxygen atoms in total. The lowest BCUT2D eigenvalue weighted by Gasteiger charge is -2.28. The predicted molar refractivity (Wildman–Crippen MR) is 108 cm³/mol. The van der Waals surface area contributed by atoms with E-state index in [2.05, 4.69) is 17.2 Å². The van der Waals surface area contributed by atoms with E-state index in [0.717, 1.165) is 40.8 Å². The van der Waals surface area contributed by atoms with Crippen LogP contribution in [0.5, 0.6) is 5.75 Å². The summed E-state index contributed by atoms with van der Waals surface area (Å²) in [5.74, 6) is 2.50. The number of anilines is 1. The number of carbonyl (C=O) groups is 1. The monoisotopic (exact) mass is 386 g/mol. The highest BCUT2D eigenvalue weighted by molar-refractivity contribution is 7.99. The van der Waals surface area contributed by atoms with E-state index in [1.165, 1.54) is 0 Å². The second-order valence-electron chi connectivity index (χ2n) is 6.49. The quantitative estimate of drug-likeness (QED) is 0.534. The van der Waals surface area contributed by atoms with Gasteiger partial charge in [0.25, 0.3) is 0 Å². The number of aromatic nitrogens is 3. The van der Waals surface area contributed by atoms with Crippen LogP contribution in [0.15, 0.2) is 40.7 Å². The minimum Gasteiger partial charge on any atom is -0.494 e. The second-order valence-corrected chi connectivity index (χ2v) is 7.55. The molecule has 0 spiro atoms. The summed E-state index contributed by atoms with van der Waals surface area (Å²) < 4.78 is 7.37. The number of carbonyl (C=O) groups excluding carboxylic acids is 1. The van der Waals surface area contributed by atoms with E-state index < -0.39 is 0 Å². The minimum atomic E-state index is -0.289. The van der Waals surface area contributed by atoms with Gasteiger partial charge in [-0.1, -0.05) is 37.2 Å². The molecule has 0 bridgehead atoms. The number of nitrogens with zero attached hydrogens (tertiary/aromatic N) is 3. The molecule has 1 unspecified atom stereocenters. The van der Waals surface area contributed by atoms with Crippen molar-refractivity contribution in [1.82, 2.24) is 14.8 Å². The topological polar surface area (TPSA) is 69.0 Å². The minimum absolute atomic E-state index is 0.0280. The Balaban J connectivity index is 1.99. The summed E-state index contributed by atoms with van der Waals surface area (Å²) in [7, 11) is 0. The van der Waals surface area contributed by atoms with E-state index >= 15 is 0 Å². The van der Waals surface area contributed by atoms with Crippen molar-refractivity contribution in [3.8, 4) is 5.75 Å². The molecule has 144 valence electrons. The van der Waals surface area contributed by atoms with Crippen molar-refractivity contribution in [3.05, 3.63) is 41.1 Å². The molecule has 2 heterocycles. The molecule has 27 heavy (non-hydrogen) atoms. The van der Waals surface area contributed by atoms with Crippen molar-refractivity contribution in [1.29, 1.82) is 0 Å². The highest BCUT2D eigenvalue weighted by atomic mass is 32.2. The van der Waals surface area contributed by atoms with Gasteiger partial charge in [0.2, 0.25) is 11.1 Å². The highest BCUT2D eigenvalue weighted by Gasteiger charge is 2.32. The normalized spacial score (nSPS) is 16.1. The van der Waals surface area contributed by atoms with Gasteiger partial charge in [-0.15, -0.1) is 5.10 Å². The summed E-state index contributed by atoms with van der Waals surface area (Å²) in [6.07, 6.45) is 2.27. The van der Waals surface area contributed by atoms with Crippen molar-refractivity contribution in [3.63, 3.8) is 0 Å². The van der Waals surface area contributed by atoms with Gasteiger partial charge in [-0.2, -0.15) is 4.98 Å². The Morgan fingerprint density at radius 3 is 2.67 bits per heavy atom. The largest absolute Gasteiger partial charge is 0.494 e. The number of thioether (sulfide) groups is 1. The molecule has 1 aliphatic rings. The third-order valence-electron chi connectivity index (χ3n) is 4.45. The Labute approximate surface area is 164 Å². The van der Waals surface area contributed by atoms with Gasteiger partial charge in [0.05, 0.1) is 6.61 Å². The molecule has 1 atom stereocenters. The number of hydrogen-bond donors (Lipinski definition) is 1. The lowest BCUT2D eigenvalue weighted by Crippen LogP contribution is -2.27. The number of benzene rings is 1. The van der Waals surface area contributed by atoms with E-state index in [-0.39, 0.29) is 11.8 Å². The summed E-state index contributed by atoms with van der Waals surface area (Å²) in [6.45, 7) is 8.26. The van der Waals surface area contributed by atoms with Crippen LogP contribution >= 0.6 is 11.8 Å². The van der Waals surface area contributed by atoms with Crippen LogP contribution in [0.25, 0.3) is 0 Å². The van der Waals surface area contributed by atoms with Crippen LogP contribution in [0, 0.1) is 0 Å². The molecule has 0 amide bonds. The molecular weight excluding hydrogens is 360 g/mol. The van der Waals surface area contributed by atoms with Gasteiger partial charge in [-0.3, -0.25) is 4.79 Å². The first-order valence-electron chi connectivity index (χ1n) is 9.36.